The SMILES string of the molecule is Cc1ccc(C2CCC(OC[C@H]3[C@@H](NS(=O)(=O)C4CC4)CCc4ccc(C)c(=O)n43)CC2)cc1. The zero-order valence-electron chi connectivity index (χ0n) is 20.2. The lowest BCUT2D eigenvalue weighted by Gasteiger charge is -2.37. The molecule has 0 saturated heterocycles. The van der Waals surface area contributed by atoms with Gasteiger partial charge in [0.05, 0.1) is 24.0 Å². The minimum Gasteiger partial charge on any atom is -0.376 e. The molecule has 1 aliphatic heterocycles. The summed E-state index contributed by atoms with van der Waals surface area (Å²) in [5.74, 6) is 0.569. The Labute approximate surface area is 202 Å². The average molecular weight is 485 g/mol. The molecule has 6 nitrogen and oxygen atoms in total. The molecule has 3 aliphatic rings. The fraction of sp³-hybridized carbons (Fsp3) is 0.593. The maximum atomic E-state index is 13.1. The number of ether oxygens (including phenoxy) is 1. The maximum Gasteiger partial charge on any atom is 0.254 e. The molecule has 0 amide bonds. The number of aryl methyl sites for hydroxylation is 3. The highest BCUT2D eigenvalue weighted by molar-refractivity contribution is 7.90. The Bertz CT molecular complexity index is 1180. The second-order valence-corrected chi connectivity index (χ2v) is 12.5. The zero-order chi connectivity index (χ0) is 23.9. The first-order chi connectivity index (χ1) is 16.3. The smallest absolute Gasteiger partial charge is 0.254 e. The number of hydrogen-bond acceptors (Lipinski definition) is 4. The van der Waals surface area contributed by atoms with Crippen LogP contribution in [-0.4, -0.2) is 37.0 Å². The van der Waals surface area contributed by atoms with Gasteiger partial charge in [0.1, 0.15) is 0 Å². The Morgan fingerprint density at radius 2 is 1.65 bits per heavy atom. The monoisotopic (exact) mass is 484 g/mol. The van der Waals surface area contributed by atoms with Crippen LogP contribution in [0.5, 0.6) is 0 Å². The lowest BCUT2D eigenvalue weighted by Crippen LogP contribution is -2.50. The summed E-state index contributed by atoms with van der Waals surface area (Å²) in [5.41, 5.74) is 4.30. The third-order valence-corrected chi connectivity index (χ3v) is 9.88. The van der Waals surface area contributed by atoms with Crippen molar-refractivity contribution in [2.75, 3.05) is 6.61 Å². The molecule has 0 radical (unpaired) electrons. The van der Waals surface area contributed by atoms with E-state index in [1.807, 2.05) is 19.1 Å². The lowest BCUT2D eigenvalue weighted by molar-refractivity contribution is -0.00169. The topological polar surface area (TPSA) is 77.4 Å². The molecule has 2 aliphatic carbocycles. The van der Waals surface area contributed by atoms with E-state index in [2.05, 4.69) is 35.9 Å². The molecular formula is C27H36N2O4S. The van der Waals surface area contributed by atoms with Crippen molar-refractivity contribution < 1.29 is 13.2 Å². The largest absolute Gasteiger partial charge is 0.376 e. The molecule has 2 heterocycles. The van der Waals surface area contributed by atoms with Gasteiger partial charge in [0.2, 0.25) is 10.0 Å². The molecule has 0 spiro atoms. The fourth-order valence-corrected chi connectivity index (χ4v) is 7.23. The molecule has 184 valence electrons. The highest BCUT2D eigenvalue weighted by atomic mass is 32.2. The van der Waals surface area contributed by atoms with Gasteiger partial charge in [-0.25, -0.2) is 13.1 Å². The van der Waals surface area contributed by atoms with Gasteiger partial charge in [-0.3, -0.25) is 4.79 Å². The number of aromatic nitrogens is 1. The number of pyridine rings is 1. The van der Waals surface area contributed by atoms with Crippen molar-refractivity contribution in [1.82, 2.24) is 9.29 Å². The van der Waals surface area contributed by atoms with Crippen LogP contribution in [0.2, 0.25) is 0 Å². The van der Waals surface area contributed by atoms with Crippen LogP contribution in [0.1, 0.15) is 79.3 Å². The van der Waals surface area contributed by atoms with Crippen molar-refractivity contribution in [2.45, 2.75) is 94.6 Å². The predicted molar refractivity (Wildman–Crippen MR) is 134 cm³/mol. The first-order valence-corrected chi connectivity index (χ1v) is 14.3. The van der Waals surface area contributed by atoms with E-state index in [-0.39, 0.29) is 29.0 Å². The maximum absolute atomic E-state index is 13.1. The number of rotatable bonds is 7. The minimum atomic E-state index is -3.35. The van der Waals surface area contributed by atoms with E-state index in [0.29, 0.717) is 30.9 Å². The molecule has 1 N–H and O–H groups in total. The van der Waals surface area contributed by atoms with Gasteiger partial charge in [-0.15, -0.1) is 0 Å². The molecule has 0 bridgehead atoms. The Kier molecular flexibility index (Phi) is 6.70. The van der Waals surface area contributed by atoms with E-state index < -0.39 is 10.0 Å². The summed E-state index contributed by atoms with van der Waals surface area (Å²) < 4.78 is 36.6. The van der Waals surface area contributed by atoms with E-state index >= 15 is 0 Å². The van der Waals surface area contributed by atoms with Gasteiger partial charge in [-0.05, 0) is 82.8 Å². The van der Waals surface area contributed by atoms with E-state index in [4.69, 9.17) is 4.74 Å². The molecule has 1 aromatic carbocycles. The van der Waals surface area contributed by atoms with Crippen molar-refractivity contribution in [3.05, 3.63) is 69.1 Å². The first-order valence-electron chi connectivity index (χ1n) is 12.7. The third-order valence-electron chi connectivity index (χ3n) is 7.90. The summed E-state index contributed by atoms with van der Waals surface area (Å²) in [6.07, 6.45) is 7.12. The quantitative estimate of drug-likeness (QED) is 0.641. The second kappa shape index (κ2) is 9.59. The van der Waals surface area contributed by atoms with Gasteiger partial charge >= 0.3 is 0 Å². The van der Waals surface area contributed by atoms with Crippen LogP contribution < -0.4 is 10.3 Å². The van der Waals surface area contributed by atoms with E-state index in [1.54, 1.807) is 4.57 Å². The summed E-state index contributed by atoms with van der Waals surface area (Å²) in [6.45, 7) is 4.29. The average Bonchev–Trinajstić information content (AvgIpc) is 3.68. The van der Waals surface area contributed by atoms with Crippen LogP contribution in [0, 0.1) is 13.8 Å². The highest BCUT2D eigenvalue weighted by Crippen LogP contribution is 2.35. The van der Waals surface area contributed by atoms with Gasteiger partial charge in [-0.1, -0.05) is 35.9 Å². The van der Waals surface area contributed by atoms with Gasteiger partial charge < -0.3 is 9.30 Å². The molecule has 2 fully saturated rings. The summed E-state index contributed by atoms with van der Waals surface area (Å²) in [6, 6.07) is 12.1. The van der Waals surface area contributed by atoms with Gasteiger partial charge in [0.25, 0.3) is 5.56 Å². The van der Waals surface area contributed by atoms with Crippen LogP contribution in [0.3, 0.4) is 0 Å². The Morgan fingerprint density at radius 3 is 2.32 bits per heavy atom. The van der Waals surface area contributed by atoms with Crippen molar-refractivity contribution in [1.29, 1.82) is 0 Å². The molecule has 2 atom stereocenters. The standard InChI is InChI=1S/C27H36N2O4S/c1-18-3-6-20(7-4-18)21-8-12-23(13-9-21)33-17-26-25(28-34(31,32)24-14-15-24)16-11-22-10-5-19(2)27(30)29(22)26/h3-7,10,21,23-26,28H,8-9,11-17H2,1-2H3/t21?,23?,25-,26-/m0/s1. The van der Waals surface area contributed by atoms with Gasteiger partial charge in [0.15, 0.2) is 0 Å². The lowest BCUT2D eigenvalue weighted by atomic mass is 9.82. The Balaban J connectivity index is 1.28. The van der Waals surface area contributed by atoms with Crippen LogP contribution >= 0.6 is 0 Å². The molecule has 1 aromatic heterocycles. The first kappa shape index (κ1) is 23.8. The summed E-state index contributed by atoms with van der Waals surface area (Å²) in [5, 5.41) is -0.276. The van der Waals surface area contributed by atoms with Crippen LogP contribution in [0.4, 0.5) is 0 Å². The van der Waals surface area contributed by atoms with Gasteiger partial charge in [0, 0.05) is 17.3 Å². The van der Waals surface area contributed by atoms with Crippen LogP contribution in [-0.2, 0) is 21.2 Å². The minimum absolute atomic E-state index is 0.0375. The molecule has 5 rings (SSSR count). The number of hydrogen-bond donors (Lipinski definition) is 1. The van der Waals surface area contributed by atoms with Crippen molar-refractivity contribution in [3.8, 4) is 0 Å². The number of fused-ring (bicyclic) bond motifs is 1. The third kappa shape index (κ3) is 5.02. The number of sulfonamides is 1. The van der Waals surface area contributed by atoms with Gasteiger partial charge in [-0.2, -0.15) is 0 Å². The fourth-order valence-electron chi connectivity index (χ4n) is 5.59. The zero-order valence-corrected chi connectivity index (χ0v) is 21.0. The molecule has 2 saturated carbocycles. The number of nitrogens with one attached hydrogen (secondary N) is 1. The molecule has 7 heteroatoms. The second-order valence-electron chi connectivity index (χ2n) is 10.5. The van der Waals surface area contributed by atoms with E-state index in [0.717, 1.165) is 44.2 Å². The number of benzene rings is 1. The molecular weight excluding hydrogens is 448 g/mol. The summed E-state index contributed by atoms with van der Waals surface area (Å²) in [4.78, 5) is 13.1. The van der Waals surface area contributed by atoms with E-state index in [1.165, 1.54) is 11.1 Å². The Hall–Kier alpha value is -1.96. The molecule has 2 aromatic rings. The summed E-state index contributed by atoms with van der Waals surface area (Å²) >= 11 is 0. The van der Waals surface area contributed by atoms with Crippen molar-refractivity contribution in [2.24, 2.45) is 0 Å². The number of nitrogens with zero attached hydrogens (tertiary/aromatic N) is 1. The van der Waals surface area contributed by atoms with E-state index in [9.17, 15) is 13.2 Å². The highest BCUT2D eigenvalue weighted by Gasteiger charge is 2.40. The Morgan fingerprint density at radius 1 is 0.941 bits per heavy atom. The van der Waals surface area contributed by atoms with Crippen molar-refractivity contribution in [3.63, 3.8) is 0 Å². The molecule has 34 heavy (non-hydrogen) atoms. The van der Waals surface area contributed by atoms with Crippen LogP contribution in [0.25, 0.3) is 0 Å². The van der Waals surface area contributed by atoms with Crippen LogP contribution in [0.15, 0.2) is 41.2 Å². The summed E-state index contributed by atoms with van der Waals surface area (Å²) in [7, 11) is -3.35. The molecule has 0 unspecified atom stereocenters. The van der Waals surface area contributed by atoms with Crippen molar-refractivity contribution >= 4 is 10.0 Å². The predicted octanol–water partition coefficient (Wildman–Crippen LogP) is 4.15. The normalized spacial score (nSPS) is 27.4.